The summed E-state index contributed by atoms with van der Waals surface area (Å²) in [4.78, 5) is 27.4. The molecule has 0 aliphatic rings. The molecule has 118 valence electrons. The van der Waals surface area contributed by atoms with Gasteiger partial charge in [-0.3, -0.25) is 4.79 Å². The van der Waals surface area contributed by atoms with Gasteiger partial charge in [-0.25, -0.2) is 9.78 Å². The number of aromatic nitrogens is 1. The summed E-state index contributed by atoms with van der Waals surface area (Å²) < 4.78 is 14.8. The van der Waals surface area contributed by atoms with Gasteiger partial charge in [0, 0.05) is 27.2 Å². The van der Waals surface area contributed by atoms with Crippen LogP contribution in [0.3, 0.4) is 0 Å². The van der Waals surface area contributed by atoms with Crippen molar-refractivity contribution in [2.75, 3.05) is 45.9 Å². The minimum atomic E-state index is -0.604. The Morgan fingerprint density at radius 1 is 1.24 bits per heavy atom. The van der Waals surface area contributed by atoms with Crippen molar-refractivity contribution in [3.05, 3.63) is 10.6 Å². The lowest BCUT2D eigenvalue weighted by Crippen LogP contribution is -2.09. The quantitative estimate of drug-likeness (QED) is 0.398. The van der Waals surface area contributed by atoms with Crippen LogP contribution in [0.5, 0.6) is 0 Å². The molecule has 0 amide bonds. The van der Waals surface area contributed by atoms with E-state index < -0.39 is 5.97 Å². The fourth-order valence-corrected chi connectivity index (χ4v) is 2.36. The molecule has 0 bridgehead atoms. The van der Waals surface area contributed by atoms with E-state index in [1.807, 2.05) is 0 Å². The summed E-state index contributed by atoms with van der Waals surface area (Å²) in [5.74, 6) is -0.809. The fraction of sp³-hybridized carbons (Fsp3) is 0.615. The zero-order valence-electron chi connectivity index (χ0n) is 12.4. The number of thiazole rings is 1. The highest BCUT2D eigenvalue weighted by Crippen LogP contribution is 2.24. The SMILES string of the molecule is COCCOCCCNc1nc(C(=O)OC)c(C(C)=O)s1. The molecule has 0 saturated carbocycles. The van der Waals surface area contributed by atoms with E-state index in [9.17, 15) is 9.59 Å². The van der Waals surface area contributed by atoms with Crippen LogP contribution in [0.15, 0.2) is 0 Å². The molecular weight excluding hydrogens is 296 g/mol. The van der Waals surface area contributed by atoms with Crippen LogP contribution in [0.4, 0.5) is 5.13 Å². The van der Waals surface area contributed by atoms with Crippen molar-refractivity contribution >= 4 is 28.2 Å². The predicted molar refractivity (Wildman–Crippen MR) is 79.3 cm³/mol. The first-order chi connectivity index (χ1) is 10.1. The van der Waals surface area contributed by atoms with Gasteiger partial charge in [0.15, 0.2) is 16.6 Å². The smallest absolute Gasteiger partial charge is 0.358 e. The molecule has 0 atom stereocenters. The molecule has 0 fully saturated rings. The van der Waals surface area contributed by atoms with Gasteiger partial charge in [0.1, 0.15) is 4.88 Å². The average molecular weight is 316 g/mol. The van der Waals surface area contributed by atoms with E-state index in [0.29, 0.717) is 36.4 Å². The van der Waals surface area contributed by atoms with Crippen LogP contribution in [-0.2, 0) is 14.2 Å². The molecule has 7 nitrogen and oxygen atoms in total. The summed E-state index contributed by atoms with van der Waals surface area (Å²) in [6.07, 6.45) is 0.784. The number of rotatable bonds is 10. The number of anilines is 1. The van der Waals surface area contributed by atoms with Gasteiger partial charge in [0.2, 0.25) is 0 Å². The molecule has 8 heteroatoms. The van der Waals surface area contributed by atoms with Gasteiger partial charge in [0.25, 0.3) is 0 Å². The number of nitrogens with one attached hydrogen (secondary N) is 1. The monoisotopic (exact) mass is 316 g/mol. The van der Waals surface area contributed by atoms with Gasteiger partial charge in [-0.2, -0.15) is 0 Å². The molecule has 1 aromatic rings. The Kier molecular flexibility index (Phi) is 7.88. The topological polar surface area (TPSA) is 86.8 Å². The lowest BCUT2D eigenvalue weighted by molar-refractivity contribution is 0.0591. The maximum atomic E-state index is 11.5. The van der Waals surface area contributed by atoms with E-state index >= 15 is 0 Å². The second-order valence-electron chi connectivity index (χ2n) is 4.13. The number of hydrogen-bond acceptors (Lipinski definition) is 8. The molecule has 0 unspecified atom stereocenters. The van der Waals surface area contributed by atoms with Crippen LogP contribution in [0.2, 0.25) is 0 Å². The van der Waals surface area contributed by atoms with Crippen LogP contribution in [0.25, 0.3) is 0 Å². The third-order valence-corrected chi connectivity index (χ3v) is 3.61. The van der Waals surface area contributed by atoms with Crippen molar-refractivity contribution in [3.8, 4) is 0 Å². The molecule has 0 radical (unpaired) electrons. The number of ether oxygens (including phenoxy) is 3. The summed E-state index contributed by atoms with van der Waals surface area (Å²) in [6, 6.07) is 0. The lowest BCUT2D eigenvalue weighted by atomic mass is 10.3. The third kappa shape index (κ3) is 5.78. The van der Waals surface area contributed by atoms with Crippen molar-refractivity contribution in [3.63, 3.8) is 0 Å². The first-order valence-corrected chi connectivity index (χ1v) is 7.32. The maximum absolute atomic E-state index is 11.5. The molecule has 1 aromatic heterocycles. The molecular formula is C13H20N2O5S. The largest absolute Gasteiger partial charge is 0.464 e. The van der Waals surface area contributed by atoms with E-state index in [1.165, 1.54) is 14.0 Å². The molecule has 1 rings (SSSR count). The van der Waals surface area contributed by atoms with Gasteiger partial charge in [0.05, 0.1) is 20.3 Å². The summed E-state index contributed by atoms with van der Waals surface area (Å²) in [5.41, 5.74) is 0.0637. The number of esters is 1. The second kappa shape index (κ2) is 9.43. The van der Waals surface area contributed by atoms with Gasteiger partial charge in [-0.1, -0.05) is 11.3 Å². The Hall–Kier alpha value is -1.51. The molecule has 0 saturated heterocycles. The molecule has 21 heavy (non-hydrogen) atoms. The van der Waals surface area contributed by atoms with Gasteiger partial charge in [-0.05, 0) is 6.42 Å². The Morgan fingerprint density at radius 2 is 2.00 bits per heavy atom. The summed E-state index contributed by atoms with van der Waals surface area (Å²) in [6.45, 7) is 3.77. The highest BCUT2D eigenvalue weighted by Gasteiger charge is 2.21. The van der Waals surface area contributed by atoms with E-state index in [1.54, 1.807) is 7.11 Å². The first kappa shape index (κ1) is 17.5. The molecule has 0 aliphatic heterocycles. The molecule has 1 N–H and O–H groups in total. The van der Waals surface area contributed by atoms with E-state index in [0.717, 1.165) is 17.8 Å². The molecule has 0 aliphatic carbocycles. The van der Waals surface area contributed by atoms with Gasteiger partial charge in [-0.15, -0.1) is 0 Å². The van der Waals surface area contributed by atoms with Crippen LogP contribution in [0, 0.1) is 0 Å². The highest BCUT2D eigenvalue weighted by molar-refractivity contribution is 7.17. The van der Waals surface area contributed by atoms with Gasteiger partial charge >= 0.3 is 5.97 Å². The molecule has 0 spiro atoms. The van der Waals surface area contributed by atoms with Gasteiger partial charge < -0.3 is 19.5 Å². The summed E-state index contributed by atoms with van der Waals surface area (Å²) in [5, 5.41) is 3.59. The minimum absolute atomic E-state index is 0.0637. The second-order valence-corrected chi connectivity index (χ2v) is 5.13. The van der Waals surface area contributed by atoms with Crippen LogP contribution < -0.4 is 5.32 Å². The fourth-order valence-electron chi connectivity index (χ4n) is 1.48. The van der Waals surface area contributed by atoms with Crippen LogP contribution in [-0.4, -0.2) is 57.3 Å². The number of hydrogen-bond donors (Lipinski definition) is 1. The van der Waals surface area contributed by atoms with Crippen molar-refractivity contribution in [2.24, 2.45) is 0 Å². The summed E-state index contributed by atoms with van der Waals surface area (Å²) in [7, 11) is 2.88. The lowest BCUT2D eigenvalue weighted by Gasteiger charge is -2.04. The Bertz CT molecular complexity index is 475. The van der Waals surface area contributed by atoms with E-state index in [2.05, 4.69) is 15.0 Å². The number of Topliss-reactive ketones (excluding diaryl/α,β-unsaturated/α-hetero) is 1. The zero-order valence-corrected chi connectivity index (χ0v) is 13.2. The maximum Gasteiger partial charge on any atom is 0.358 e. The average Bonchev–Trinajstić information content (AvgIpc) is 2.90. The number of nitrogens with zero attached hydrogens (tertiary/aromatic N) is 1. The van der Waals surface area contributed by atoms with Crippen LogP contribution in [0.1, 0.15) is 33.5 Å². The number of methoxy groups -OCH3 is 2. The standard InChI is InChI=1S/C13H20N2O5S/c1-9(16)11-10(12(17)19-3)15-13(21-11)14-5-4-6-20-8-7-18-2/h4-8H2,1-3H3,(H,14,15). The zero-order chi connectivity index (χ0) is 15.7. The number of carbonyl (C=O) groups excluding carboxylic acids is 2. The highest BCUT2D eigenvalue weighted by atomic mass is 32.1. The van der Waals surface area contributed by atoms with E-state index in [-0.39, 0.29) is 11.5 Å². The molecule has 1 heterocycles. The Morgan fingerprint density at radius 3 is 2.62 bits per heavy atom. The Labute approximate surface area is 127 Å². The van der Waals surface area contributed by atoms with Crippen molar-refractivity contribution < 1.29 is 23.8 Å². The van der Waals surface area contributed by atoms with Crippen molar-refractivity contribution in [1.82, 2.24) is 4.98 Å². The Balaban J connectivity index is 2.45. The number of carbonyl (C=O) groups is 2. The van der Waals surface area contributed by atoms with Crippen LogP contribution >= 0.6 is 11.3 Å². The normalized spacial score (nSPS) is 10.4. The molecule has 0 aromatic carbocycles. The predicted octanol–water partition coefficient (Wildman–Crippen LogP) is 1.60. The van der Waals surface area contributed by atoms with E-state index in [4.69, 9.17) is 9.47 Å². The van der Waals surface area contributed by atoms with Crippen molar-refractivity contribution in [2.45, 2.75) is 13.3 Å². The third-order valence-electron chi connectivity index (χ3n) is 2.50. The van der Waals surface area contributed by atoms with Crippen molar-refractivity contribution in [1.29, 1.82) is 0 Å². The summed E-state index contributed by atoms with van der Waals surface area (Å²) >= 11 is 1.15. The minimum Gasteiger partial charge on any atom is -0.464 e. The first-order valence-electron chi connectivity index (χ1n) is 6.50. The number of ketones is 1.